The maximum atomic E-state index is 9.07. The van der Waals surface area contributed by atoms with Crippen LogP contribution in [0.2, 0.25) is 0 Å². The van der Waals surface area contributed by atoms with Crippen LogP contribution in [0.1, 0.15) is 39.5 Å². The largest absolute Gasteiger partial charge is 0.395 e. The van der Waals surface area contributed by atoms with Crippen LogP contribution in [-0.2, 0) is 0 Å². The lowest BCUT2D eigenvalue weighted by atomic mass is 9.83. The molecular formula is C11H23NO. The van der Waals surface area contributed by atoms with Crippen molar-refractivity contribution in [3.63, 3.8) is 0 Å². The Kier molecular flexibility index (Phi) is 4.74. The van der Waals surface area contributed by atoms with Crippen molar-refractivity contribution in [3.8, 4) is 0 Å². The van der Waals surface area contributed by atoms with Crippen LogP contribution in [0.25, 0.3) is 0 Å². The summed E-state index contributed by atoms with van der Waals surface area (Å²) < 4.78 is 0. The van der Waals surface area contributed by atoms with Crippen molar-refractivity contribution in [2.75, 3.05) is 13.2 Å². The topological polar surface area (TPSA) is 32.3 Å². The van der Waals surface area contributed by atoms with Gasteiger partial charge in [0.2, 0.25) is 0 Å². The van der Waals surface area contributed by atoms with Gasteiger partial charge < -0.3 is 10.4 Å². The Morgan fingerprint density at radius 2 is 2.08 bits per heavy atom. The summed E-state index contributed by atoms with van der Waals surface area (Å²) >= 11 is 0. The van der Waals surface area contributed by atoms with Gasteiger partial charge >= 0.3 is 0 Å². The van der Waals surface area contributed by atoms with Gasteiger partial charge in [0.05, 0.1) is 6.61 Å². The van der Waals surface area contributed by atoms with E-state index in [1.807, 2.05) is 0 Å². The first-order valence-electron chi connectivity index (χ1n) is 5.58. The lowest BCUT2D eigenvalue weighted by molar-refractivity contribution is 0.203. The van der Waals surface area contributed by atoms with Crippen LogP contribution in [0.3, 0.4) is 0 Å². The lowest BCUT2D eigenvalue weighted by Gasteiger charge is -2.27. The Morgan fingerprint density at radius 1 is 1.38 bits per heavy atom. The summed E-state index contributed by atoms with van der Waals surface area (Å²) in [5, 5.41) is 12.5. The van der Waals surface area contributed by atoms with Gasteiger partial charge in [-0.15, -0.1) is 0 Å². The van der Waals surface area contributed by atoms with Crippen molar-refractivity contribution >= 4 is 0 Å². The molecular weight excluding hydrogens is 162 g/mol. The third kappa shape index (κ3) is 3.65. The van der Waals surface area contributed by atoms with Crippen LogP contribution in [0, 0.1) is 11.8 Å². The van der Waals surface area contributed by atoms with Crippen LogP contribution >= 0.6 is 0 Å². The number of aliphatic hydroxyl groups excluding tert-OH is 1. The molecule has 0 amide bonds. The smallest absolute Gasteiger partial charge is 0.0587 e. The Morgan fingerprint density at radius 3 is 2.46 bits per heavy atom. The second kappa shape index (κ2) is 5.61. The second-order valence-corrected chi connectivity index (χ2v) is 4.57. The fourth-order valence-electron chi connectivity index (χ4n) is 1.77. The van der Waals surface area contributed by atoms with E-state index in [9.17, 15) is 0 Å². The average molecular weight is 185 g/mol. The predicted octanol–water partition coefficient (Wildman–Crippen LogP) is 1.78. The Bertz CT molecular complexity index is 132. The lowest BCUT2D eigenvalue weighted by Crippen LogP contribution is -2.38. The minimum atomic E-state index is 0.266. The van der Waals surface area contributed by atoms with Gasteiger partial charge in [-0.2, -0.15) is 0 Å². The molecule has 0 heterocycles. The van der Waals surface area contributed by atoms with Crippen LogP contribution in [0.15, 0.2) is 0 Å². The van der Waals surface area contributed by atoms with Crippen molar-refractivity contribution < 1.29 is 5.11 Å². The van der Waals surface area contributed by atoms with Gasteiger partial charge in [0.25, 0.3) is 0 Å². The molecule has 1 unspecified atom stereocenters. The van der Waals surface area contributed by atoms with Crippen molar-refractivity contribution in [2.45, 2.75) is 45.6 Å². The first kappa shape index (κ1) is 11.0. The van der Waals surface area contributed by atoms with Crippen molar-refractivity contribution in [3.05, 3.63) is 0 Å². The summed E-state index contributed by atoms with van der Waals surface area (Å²) in [6, 6.07) is 0.292. The first-order chi connectivity index (χ1) is 6.24. The molecule has 1 rings (SSSR count). The second-order valence-electron chi connectivity index (χ2n) is 4.57. The third-order valence-corrected chi connectivity index (χ3v) is 3.19. The molecule has 0 bridgehead atoms. The van der Waals surface area contributed by atoms with E-state index < -0.39 is 0 Å². The Balaban J connectivity index is 2.01. The van der Waals surface area contributed by atoms with Gasteiger partial charge in [-0.25, -0.2) is 0 Å². The molecule has 2 nitrogen and oxygen atoms in total. The monoisotopic (exact) mass is 185 g/mol. The Labute approximate surface area is 81.7 Å². The normalized spacial score (nSPS) is 20.3. The van der Waals surface area contributed by atoms with E-state index >= 15 is 0 Å². The van der Waals surface area contributed by atoms with Gasteiger partial charge in [-0.1, -0.05) is 33.1 Å². The van der Waals surface area contributed by atoms with Crippen molar-refractivity contribution in [2.24, 2.45) is 11.8 Å². The molecule has 1 aliphatic carbocycles. The summed E-state index contributed by atoms with van der Waals surface area (Å²) in [6.07, 6.45) is 5.57. The standard InChI is InChI=1S/C11H23NO/c1-9(2)11(8-13)12-7-6-10-4-3-5-10/h9-13H,3-8H2,1-2H3. The van der Waals surface area contributed by atoms with Crippen LogP contribution in [0.5, 0.6) is 0 Å². The molecule has 1 atom stereocenters. The summed E-state index contributed by atoms with van der Waals surface area (Å²) in [7, 11) is 0. The summed E-state index contributed by atoms with van der Waals surface area (Å²) in [5.41, 5.74) is 0. The van der Waals surface area contributed by atoms with E-state index in [1.165, 1.54) is 25.7 Å². The maximum absolute atomic E-state index is 9.07. The van der Waals surface area contributed by atoms with E-state index in [4.69, 9.17) is 5.11 Å². The number of aliphatic hydroxyl groups is 1. The molecule has 78 valence electrons. The summed E-state index contributed by atoms with van der Waals surface area (Å²) in [4.78, 5) is 0. The number of hydrogen-bond donors (Lipinski definition) is 2. The fourth-order valence-corrected chi connectivity index (χ4v) is 1.77. The van der Waals surface area contributed by atoms with Gasteiger partial charge in [0.1, 0.15) is 0 Å². The average Bonchev–Trinajstić information content (AvgIpc) is 2.00. The van der Waals surface area contributed by atoms with Gasteiger partial charge in [-0.3, -0.25) is 0 Å². The van der Waals surface area contributed by atoms with E-state index in [-0.39, 0.29) is 6.61 Å². The molecule has 0 spiro atoms. The molecule has 0 aliphatic heterocycles. The Hall–Kier alpha value is -0.0800. The highest BCUT2D eigenvalue weighted by molar-refractivity contribution is 4.73. The third-order valence-electron chi connectivity index (χ3n) is 3.19. The molecule has 1 fully saturated rings. The zero-order valence-electron chi connectivity index (χ0n) is 8.92. The van der Waals surface area contributed by atoms with Crippen LogP contribution in [0.4, 0.5) is 0 Å². The molecule has 0 aromatic carbocycles. The van der Waals surface area contributed by atoms with Gasteiger partial charge in [0.15, 0.2) is 0 Å². The van der Waals surface area contributed by atoms with Crippen LogP contribution in [-0.4, -0.2) is 24.3 Å². The van der Waals surface area contributed by atoms with Crippen molar-refractivity contribution in [1.82, 2.24) is 5.32 Å². The minimum Gasteiger partial charge on any atom is -0.395 e. The first-order valence-corrected chi connectivity index (χ1v) is 5.58. The highest BCUT2D eigenvalue weighted by Crippen LogP contribution is 2.28. The van der Waals surface area contributed by atoms with E-state index in [2.05, 4.69) is 19.2 Å². The minimum absolute atomic E-state index is 0.266. The number of hydrogen-bond acceptors (Lipinski definition) is 2. The molecule has 0 aromatic rings. The van der Waals surface area contributed by atoms with Crippen LogP contribution < -0.4 is 5.32 Å². The molecule has 2 heteroatoms. The fraction of sp³-hybridized carbons (Fsp3) is 1.00. The van der Waals surface area contributed by atoms with E-state index in [0.29, 0.717) is 12.0 Å². The van der Waals surface area contributed by atoms with Gasteiger partial charge in [0, 0.05) is 6.04 Å². The molecule has 13 heavy (non-hydrogen) atoms. The SMILES string of the molecule is CC(C)C(CO)NCCC1CCC1. The molecule has 1 saturated carbocycles. The molecule has 0 radical (unpaired) electrons. The van der Waals surface area contributed by atoms with E-state index in [0.717, 1.165) is 12.5 Å². The zero-order chi connectivity index (χ0) is 9.68. The molecule has 1 aliphatic rings. The molecule has 0 saturated heterocycles. The number of rotatable bonds is 6. The predicted molar refractivity (Wildman–Crippen MR) is 55.7 cm³/mol. The zero-order valence-corrected chi connectivity index (χ0v) is 8.92. The molecule has 2 N–H and O–H groups in total. The highest BCUT2D eigenvalue weighted by Gasteiger charge is 2.17. The summed E-state index contributed by atoms with van der Waals surface area (Å²) in [5.74, 6) is 1.50. The number of nitrogens with one attached hydrogen (secondary N) is 1. The highest BCUT2D eigenvalue weighted by atomic mass is 16.3. The molecule has 0 aromatic heterocycles. The summed E-state index contributed by atoms with van der Waals surface area (Å²) in [6.45, 7) is 5.64. The maximum Gasteiger partial charge on any atom is 0.0587 e. The van der Waals surface area contributed by atoms with Crippen molar-refractivity contribution in [1.29, 1.82) is 0 Å². The quantitative estimate of drug-likeness (QED) is 0.661. The van der Waals surface area contributed by atoms with Gasteiger partial charge in [-0.05, 0) is 24.8 Å². The van der Waals surface area contributed by atoms with E-state index in [1.54, 1.807) is 0 Å².